The second-order valence-electron chi connectivity index (χ2n) is 5.56. The zero-order chi connectivity index (χ0) is 17.4. The van der Waals surface area contributed by atoms with Crippen LogP contribution in [0.2, 0.25) is 0 Å². The molecular formula is C16H17NO7. The smallest absolute Gasteiger partial charge is 0.335 e. The van der Waals surface area contributed by atoms with Crippen LogP contribution in [0.1, 0.15) is 0 Å². The van der Waals surface area contributed by atoms with Gasteiger partial charge >= 0.3 is 5.97 Å². The van der Waals surface area contributed by atoms with Crippen LogP contribution in [0, 0.1) is 0 Å². The SMILES string of the molecule is Nc1ccc2ccccc2c1O[C@@H]1O[C@H](C(=O)O)[C@@H](O)[C@H](O)[C@H]1O. The summed E-state index contributed by atoms with van der Waals surface area (Å²) in [6.07, 6.45) is -8.39. The first-order valence-electron chi connectivity index (χ1n) is 7.26. The van der Waals surface area contributed by atoms with E-state index in [2.05, 4.69) is 0 Å². The molecule has 0 unspecified atom stereocenters. The van der Waals surface area contributed by atoms with E-state index in [0.717, 1.165) is 5.39 Å². The average Bonchev–Trinajstić information content (AvgIpc) is 2.57. The number of hydrogen-bond acceptors (Lipinski definition) is 7. The third-order valence-electron chi connectivity index (χ3n) is 3.96. The number of nitrogen functional groups attached to an aromatic ring is 1. The molecule has 0 aliphatic carbocycles. The van der Waals surface area contributed by atoms with Crippen molar-refractivity contribution >= 4 is 22.4 Å². The third kappa shape index (κ3) is 2.76. The van der Waals surface area contributed by atoms with E-state index in [9.17, 15) is 20.1 Å². The maximum absolute atomic E-state index is 11.1. The van der Waals surface area contributed by atoms with Crippen molar-refractivity contribution < 1.29 is 34.7 Å². The summed E-state index contributed by atoms with van der Waals surface area (Å²) in [5.41, 5.74) is 6.18. The highest BCUT2D eigenvalue weighted by Crippen LogP contribution is 2.34. The minimum atomic E-state index is -1.78. The van der Waals surface area contributed by atoms with Gasteiger partial charge in [-0.1, -0.05) is 30.3 Å². The molecule has 0 aromatic heterocycles. The number of benzene rings is 2. The molecule has 0 radical (unpaired) electrons. The van der Waals surface area contributed by atoms with Crippen molar-refractivity contribution in [3.8, 4) is 5.75 Å². The van der Waals surface area contributed by atoms with E-state index in [1.807, 2.05) is 12.1 Å². The van der Waals surface area contributed by atoms with Gasteiger partial charge in [-0.3, -0.25) is 0 Å². The summed E-state index contributed by atoms with van der Waals surface area (Å²) < 4.78 is 10.7. The zero-order valence-corrected chi connectivity index (χ0v) is 12.4. The first-order chi connectivity index (χ1) is 11.4. The van der Waals surface area contributed by atoms with Gasteiger partial charge in [-0.15, -0.1) is 0 Å². The Labute approximate surface area is 136 Å². The van der Waals surface area contributed by atoms with Crippen molar-refractivity contribution in [2.75, 3.05) is 5.73 Å². The molecule has 2 aromatic rings. The van der Waals surface area contributed by atoms with E-state index in [1.54, 1.807) is 24.3 Å². The van der Waals surface area contributed by atoms with Crippen LogP contribution in [0.25, 0.3) is 10.8 Å². The first-order valence-corrected chi connectivity index (χ1v) is 7.26. The average molecular weight is 335 g/mol. The van der Waals surface area contributed by atoms with Crippen molar-refractivity contribution in [1.82, 2.24) is 0 Å². The van der Waals surface area contributed by atoms with Gasteiger partial charge < -0.3 is 35.6 Å². The highest BCUT2D eigenvalue weighted by molar-refractivity contribution is 5.92. The summed E-state index contributed by atoms with van der Waals surface area (Å²) in [5.74, 6) is -1.28. The lowest BCUT2D eigenvalue weighted by molar-refractivity contribution is -0.270. The van der Waals surface area contributed by atoms with Crippen molar-refractivity contribution in [3.05, 3.63) is 36.4 Å². The predicted octanol–water partition coefficient (Wildman–Crippen LogP) is -0.307. The second-order valence-corrected chi connectivity index (χ2v) is 5.56. The molecule has 1 fully saturated rings. The standard InChI is InChI=1S/C16H17NO7/c17-9-6-5-7-3-1-2-4-8(7)13(9)23-16-12(20)10(18)11(19)14(24-16)15(21)22/h1-6,10-12,14,16,18-20H,17H2,(H,21,22)/t10-,11-,12+,14-,16+/m0/s1. The maximum Gasteiger partial charge on any atom is 0.335 e. The topological polar surface area (TPSA) is 142 Å². The largest absolute Gasteiger partial charge is 0.479 e. The molecule has 0 saturated carbocycles. The Balaban J connectivity index is 1.95. The second kappa shape index (κ2) is 6.25. The molecule has 3 rings (SSSR count). The number of carboxylic acid groups (broad SMARTS) is 1. The number of aliphatic carboxylic acids is 1. The number of rotatable bonds is 3. The van der Waals surface area contributed by atoms with Crippen LogP contribution in [-0.2, 0) is 9.53 Å². The molecule has 1 saturated heterocycles. The molecule has 5 atom stereocenters. The van der Waals surface area contributed by atoms with Crippen LogP contribution in [0.5, 0.6) is 5.75 Å². The van der Waals surface area contributed by atoms with Gasteiger partial charge in [-0.2, -0.15) is 0 Å². The van der Waals surface area contributed by atoms with Crippen molar-refractivity contribution in [2.45, 2.75) is 30.7 Å². The molecule has 1 heterocycles. The fourth-order valence-corrected chi connectivity index (χ4v) is 2.66. The number of aliphatic hydroxyl groups is 3. The third-order valence-corrected chi connectivity index (χ3v) is 3.96. The molecule has 1 aliphatic rings. The Kier molecular flexibility index (Phi) is 4.29. The van der Waals surface area contributed by atoms with E-state index in [0.29, 0.717) is 5.39 Å². The lowest BCUT2D eigenvalue weighted by Crippen LogP contribution is -2.61. The summed E-state index contributed by atoms with van der Waals surface area (Å²) in [7, 11) is 0. The number of aliphatic hydroxyl groups excluding tert-OH is 3. The molecule has 128 valence electrons. The summed E-state index contributed by atoms with van der Waals surface area (Å²) in [4.78, 5) is 11.1. The fraction of sp³-hybridized carbons (Fsp3) is 0.312. The molecule has 2 aromatic carbocycles. The Morgan fingerprint density at radius 3 is 2.46 bits per heavy atom. The minimum absolute atomic E-state index is 0.199. The number of nitrogens with two attached hydrogens (primary N) is 1. The van der Waals surface area contributed by atoms with E-state index in [4.69, 9.17) is 20.3 Å². The molecule has 0 amide bonds. The monoisotopic (exact) mass is 335 g/mol. The van der Waals surface area contributed by atoms with E-state index >= 15 is 0 Å². The summed E-state index contributed by atoms with van der Waals surface area (Å²) in [6, 6.07) is 10.6. The van der Waals surface area contributed by atoms with E-state index in [1.165, 1.54) is 0 Å². The zero-order valence-electron chi connectivity index (χ0n) is 12.4. The maximum atomic E-state index is 11.1. The number of anilines is 1. The summed E-state index contributed by atoms with van der Waals surface area (Å²) in [5, 5.41) is 40.1. The van der Waals surface area contributed by atoms with Crippen LogP contribution in [0.15, 0.2) is 36.4 Å². The molecule has 0 spiro atoms. The molecule has 1 aliphatic heterocycles. The molecule has 8 heteroatoms. The highest BCUT2D eigenvalue weighted by atomic mass is 16.7. The van der Waals surface area contributed by atoms with Crippen LogP contribution in [0.3, 0.4) is 0 Å². The lowest BCUT2D eigenvalue weighted by atomic mass is 9.99. The molecular weight excluding hydrogens is 318 g/mol. The Morgan fingerprint density at radius 1 is 1.04 bits per heavy atom. The van der Waals surface area contributed by atoms with Gasteiger partial charge in [0, 0.05) is 5.39 Å². The van der Waals surface area contributed by atoms with Gasteiger partial charge in [0.15, 0.2) is 11.9 Å². The van der Waals surface area contributed by atoms with Crippen LogP contribution >= 0.6 is 0 Å². The fourth-order valence-electron chi connectivity index (χ4n) is 2.66. The molecule has 0 bridgehead atoms. The number of carboxylic acids is 1. The van der Waals surface area contributed by atoms with Gasteiger partial charge in [0.25, 0.3) is 0 Å². The predicted molar refractivity (Wildman–Crippen MR) is 83.3 cm³/mol. The number of hydrogen-bond donors (Lipinski definition) is 5. The molecule has 8 nitrogen and oxygen atoms in total. The van der Waals surface area contributed by atoms with Crippen LogP contribution < -0.4 is 10.5 Å². The van der Waals surface area contributed by atoms with Gasteiger partial charge in [0.2, 0.25) is 6.29 Å². The van der Waals surface area contributed by atoms with Crippen molar-refractivity contribution in [1.29, 1.82) is 0 Å². The van der Waals surface area contributed by atoms with Crippen molar-refractivity contribution in [3.63, 3.8) is 0 Å². The summed E-state index contributed by atoms with van der Waals surface area (Å²) in [6.45, 7) is 0. The minimum Gasteiger partial charge on any atom is -0.479 e. The normalized spacial score (nSPS) is 30.2. The summed E-state index contributed by atoms with van der Waals surface area (Å²) >= 11 is 0. The van der Waals surface area contributed by atoms with Gasteiger partial charge in [0.05, 0.1) is 5.69 Å². The Morgan fingerprint density at radius 2 is 1.75 bits per heavy atom. The lowest BCUT2D eigenvalue weighted by Gasteiger charge is -2.38. The van der Waals surface area contributed by atoms with Gasteiger partial charge in [0.1, 0.15) is 18.3 Å². The van der Waals surface area contributed by atoms with Crippen LogP contribution in [-0.4, -0.2) is 57.1 Å². The quantitative estimate of drug-likeness (QED) is 0.481. The Bertz CT molecular complexity index is 765. The van der Waals surface area contributed by atoms with E-state index in [-0.39, 0.29) is 11.4 Å². The molecule has 24 heavy (non-hydrogen) atoms. The Hall–Kier alpha value is -2.39. The van der Waals surface area contributed by atoms with Crippen molar-refractivity contribution in [2.24, 2.45) is 0 Å². The molecule has 6 N–H and O–H groups in total. The first kappa shape index (κ1) is 16.5. The van der Waals surface area contributed by atoms with Gasteiger partial charge in [-0.25, -0.2) is 4.79 Å². The number of carbonyl (C=O) groups is 1. The highest BCUT2D eigenvalue weighted by Gasteiger charge is 2.48. The van der Waals surface area contributed by atoms with E-state index < -0.39 is 36.7 Å². The number of fused-ring (bicyclic) bond motifs is 1. The van der Waals surface area contributed by atoms with Crippen LogP contribution in [0.4, 0.5) is 5.69 Å². The van der Waals surface area contributed by atoms with Gasteiger partial charge in [-0.05, 0) is 11.5 Å². The number of ether oxygens (including phenoxy) is 2.